The molecule has 0 radical (unpaired) electrons. The first kappa shape index (κ1) is 14.0. The number of rotatable bonds is 8. The van der Waals surface area contributed by atoms with Crippen LogP contribution in [0.2, 0.25) is 0 Å². The number of aromatic nitrogens is 3. The van der Waals surface area contributed by atoms with E-state index in [4.69, 9.17) is 4.74 Å². The van der Waals surface area contributed by atoms with Crippen molar-refractivity contribution in [1.82, 2.24) is 20.3 Å². The predicted octanol–water partition coefficient (Wildman–Crippen LogP) is 2.00. The highest BCUT2D eigenvalue weighted by Gasteiger charge is 2.20. The van der Waals surface area contributed by atoms with Gasteiger partial charge in [-0.15, -0.1) is 5.10 Å². The summed E-state index contributed by atoms with van der Waals surface area (Å²) >= 11 is 0. The average molecular weight is 290 g/mol. The summed E-state index contributed by atoms with van der Waals surface area (Å²) in [6.45, 7) is 2.92. The zero-order valence-electron chi connectivity index (χ0n) is 11.8. The molecule has 0 aliphatic heterocycles. The van der Waals surface area contributed by atoms with E-state index in [1.807, 2.05) is 6.20 Å². The largest absolute Gasteiger partial charge is 0.492 e. The third-order valence-corrected chi connectivity index (χ3v) is 3.42. The molecule has 2 aromatic rings. The first-order valence-corrected chi connectivity index (χ1v) is 7.28. The Morgan fingerprint density at radius 1 is 1.29 bits per heavy atom. The van der Waals surface area contributed by atoms with Crippen LogP contribution in [-0.4, -0.2) is 28.1 Å². The van der Waals surface area contributed by atoms with E-state index >= 15 is 0 Å². The minimum atomic E-state index is -0.262. The molecule has 1 aromatic heterocycles. The highest BCUT2D eigenvalue weighted by molar-refractivity contribution is 5.21. The first-order chi connectivity index (χ1) is 10.3. The quantitative estimate of drug-likeness (QED) is 0.808. The van der Waals surface area contributed by atoms with Gasteiger partial charge >= 0.3 is 0 Å². The Kier molecular flexibility index (Phi) is 4.45. The van der Waals surface area contributed by atoms with E-state index in [2.05, 4.69) is 15.6 Å². The van der Waals surface area contributed by atoms with E-state index in [0.717, 1.165) is 24.7 Å². The van der Waals surface area contributed by atoms with Crippen LogP contribution >= 0.6 is 0 Å². The van der Waals surface area contributed by atoms with Crippen molar-refractivity contribution in [3.05, 3.63) is 42.0 Å². The molecule has 6 heteroatoms. The molecule has 0 spiro atoms. The number of benzene rings is 1. The molecular weight excluding hydrogens is 271 g/mol. The number of halogens is 1. The minimum Gasteiger partial charge on any atom is -0.492 e. The zero-order valence-corrected chi connectivity index (χ0v) is 11.8. The molecule has 0 amide bonds. The lowest BCUT2D eigenvalue weighted by Gasteiger charge is -2.05. The Labute approximate surface area is 123 Å². The Balaban J connectivity index is 1.38. The van der Waals surface area contributed by atoms with Crippen molar-refractivity contribution in [2.45, 2.75) is 25.9 Å². The normalized spacial score (nSPS) is 14.3. The molecule has 1 aromatic carbocycles. The van der Waals surface area contributed by atoms with Gasteiger partial charge in [-0.05, 0) is 49.6 Å². The molecule has 21 heavy (non-hydrogen) atoms. The molecule has 0 unspecified atom stereocenters. The van der Waals surface area contributed by atoms with Gasteiger partial charge in [-0.3, -0.25) is 0 Å². The highest BCUT2D eigenvalue weighted by atomic mass is 19.1. The van der Waals surface area contributed by atoms with Crippen molar-refractivity contribution < 1.29 is 9.13 Å². The van der Waals surface area contributed by atoms with Crippen molar-refractivity contribution in [3.8, 4) is 5.75 Å². The lowest BCUT2D eigenvalue weighted by Crippen LogP contribution is -2.16. The van der Waals surface area contributed by atoms with Crippen LogP contribution in [0.15, 0.2) is 30.5 Å². The fourth-order valence-corrected chi connectivity index (χ4v) is 2.04. The zero-order chi connectivity index (χ0) is 14.5. The topological polar surface area (TPSA) is 52.0 Å². The maximum Gasteiger partial charge on any atom is 0.123 e. The van der Waals surface area contributed by atoms with Gasteiger partial charge in [0.1, 0.15) is 18.2 Å². The van der Waals surface area contributed by atoms with Crippen molar-refractivity contribution >= 4 is 0 Å². The van der Waals surface area contributed by atoms with E-state index in [-0.39, 0.29) is 5.82 Å². The summed E-state index contributed by atoms with van der Waals surface area (Å²) in [7, 11) is 0. The van der Waals surface area contributed by atoms with Gasteiger partial charge < -0.3 is 10.1 Å². The summed E-state index contributed by atoms with van der Waals surface area (Å²) in [5.41, 5.74) is 0.942. The summed E-state index contributed by atoms with van der Waals surface area (Å²) in [6.07, 6.45) is 4.62. The molecule has 1 saturated carbocycles. The van der Waals surface area contributed by atoms with E-state index in [1.54, 1.807) is 16.8 Å². The molecule has 1 N–H and O–H groups in total. The second-order valence-electron chi connectivity index (χ2n) is 5.35. The van der Waals surface area contributed by atoms with Crippen LogP contribution in [0.3, 0.4) is 0 Å². The highest BCUT2D eigenvalue weighted by Crippen LogP contribution is 2.27. The van der Waals surface area contributed by atoms with Crippen molar-refractivity contribution in [3.63, 3.8) is 0 Å². The maximum atomic E-state index is 12.7. The Bertz CT molecular complexity index is 565. The third-order valence-electron chi connectivity index (χ3n) is 3.42. The summed E-state index contributed by atoms with van der Waals surface area (Å²) < 4.78 is 20.0. The molecular formula is C15H19FN4O. The second-order valence-corrected chi connectivity index (χ2v) is 5.35. The summed E-state index contributed by atoms with van der Waals surface area (Å²) in [5.74, 6) is 1.26. The molecule has 1 heterocycles. The van der Waals surface area contributed by atoms with Crippen LogP contribution in [0.1, 0.15) is 18.5 Å². The van der Waals surface area contributed by atoms with Crippen LogP contribution in [0, 0.1) is 11.7 Å². The number of hydrogen-bond donors (Lipinski definition) is 1. The molecule has 112 valence electrons. The van der Waals surface area contributed by atoms with Gasteiger partial charge in [-0.1, -0.05) is 5.21 Å². The Morgan fingerprint density at radius 2 is 2.10 bits per heavy atom. The van der Waals surface area contributed by atoms with E-state index in [0.29, 0.717) is 18.9 Å². The van der Waals surface area contributed by atoms with Crippen molar-refractivity contribution in [2.24, 2.45) is 5.92 Å². The van der Waals surface area contributed by atoms with E-state index in [9.17, 15) is 4.39 Å². The fraction of sp³-hybridized carbons (Fsp3) is 0.467. The van der Waals surface area contributed by atoms with Crippen LogP contribution in [0.4, 0.5) is 4.39 Å². The van der Waals surface area contributed by atoms with Gasteiger partial charge in [0, 0.05) is 12.7 Å². The minimum absolute atomic E-state index is 0.262. The number of nitrogens with one attached hydrogen (secondary N) is 1. The van der Waals surface area contributed by atoms with Crippen LogP contribution in [0.25, 0.3) is 0 Å². The SMILES string of the molecule is Fc1ccc(OCCn2cc(CNCC3CC3)nn2)cc1. The van der Waals surface area contributed by atoms with Crippen LogP contribution in [0.5, 0.6) is 5.75 Å². The van der Waals surface area contributed by atoms with E-state index in [1.165, 1.54) is 25.0 Å². The lowest BCUT2D eigenvalue weighted by atomic mass is 10.3. The van der Waals surface area contributed by atoms with Gasteiger partial charge in [0.05, 0.1) is 12.2 Å². The average Bonchev–Trinajstić information content (AvgIpc) is 3.20. The number of ether oxygens (including phenoxy) is 1. The van der Waals surface area contributed by atoms with Crippen molar-refractivity contribution in [1.29, 1.82) is 0 Å². The van der Waals surface area contributed by atoms with Gasteiger partial charge in [0.15, 0.2) is 0 Å². The van der Waals surface area contributed by atoms with Gasteiger partial charge in [0.2, 0.25) is 0 Å². The predicted molar refractivity (Wildman–Crippen MR) is 76.3 cm³/mol. The standard InChI is InChI=1S/C15H19FN4O/c16-13-3-5-15(6-4-13)21-8-7-20-11-14(18-19-20)10-17-9-12-1-2-12/h3-6,11-12,17H,1-2,7-10H2. The summed E-state index contributed by atoms with van der Waals surface area (Å²) in [5, 5.41) is 11.6. The first-order valence-electron chi connectivity index (χ1n) is 7.28. The fourth-order valence-electron chi connectivity index (χ4n) is 2.04. The van der Waals surface area contributed by atoms with Crippen molar-refractivity contribution in [2.75, 3.05) is 13.2 Å². The smallest absolute Gasteiger partial charge is 0.123 e. The van der Waals surface area contributed by atoms with Gasteiger partial charge in [-0.25, -0.2) is 9.07 Å². The molecule has 5 nitrogen and oxygen atoms in total. The van der Waals surface area contributed by atoms with Gasteiger partial charge in [0.25, 0.3) is 0 Å². The summed E-state index contributed by atoms with van der Waals surface area (Å²) in [4.78, 5) is 0. The van der Waals surface area contributed by atoms with Crippen LogP contribution in [-0.2, 0) is 13.1 Å². The van der Waals surface area contributed by atoms with Gasteiger partial charge in [-0.2, -0.15) is 0 Å². The molecule has 1 aliphatic rings. The molecule has 1 fully saturated rings. The Hall–Kier alpha value is -1.95. The van der Waals surface area contributed by atoms with Crippen LogP contribution < -0.4 is 10.1 Å². The maximum absolute atomic E-state index is 12.7. The lowest BCUT2D eigenvalue weighted by molar-refractivity contribution is 0.289. The second kappa shape index (κ2) is 6.67. The molecule has 0 bridgehead atoms. The van der Waals surface area contributed by atoms with E-state index < -0.39 is 0 Å². The monoisotopic (exact) mass is 290 g/mol. The Morgan fingerprint density at radius 3 is 2.86 bits per heavy atom. The molecule has 0 saturated heterocycles. The molecule has 1 aliphatic carbocycles. The summed E-state index contributed by atoms with van der Waals surface area (Å²) in [6, 6.07) is 6.00. The molecule has 3 rings (SSSR count). The number of hydrogen-bond acceptors (Lipinski definition) is 4. The number of nitrogens with zero attached hydrogens (tertiary/aromatic N) is 3. The third kappa shape index (κ3) is 4.53. The molecule has 0 atom stereocenters.